The summed E-state index contributed by atoms with van der Waals surface area (Å²) in [5, 5.41) is 0. The molecule has 3 heteroatoms. The van der Waals surface area contributed by atoms with Crippen molar-refractivity contribution < 1.29 is 14.3 Å². The van der Waals surface area contributed by atoms with Gasteiger partial charge in [0.25, 0.3) is 0 Å². The number of carbonyl (C=O) groups excluding carboxylic acids is 1. The van der Waals surface area contributed by atoms with Gasteiger partial charge in [0.2, 0.25) is 0 Å². The first-order valence-corrected chi connectivity index (χ1v) is 3.34. The predicted molar refractivity (Wildman–Crippen MR) is 46.6 cm³/mol. The molecule has 12 heavy (non-hydrogen) atoms. The standard InChI is InChI=1S/C9H12O3/c1-7(2)5-6-8(3)12-9(10)11-4/h5-6H,1,3H2,2,4H3. The zero-order valence-corrected chi connectivity index (χ0v) is 7.29. The van der Waals surface area contributed by atoms with Crippen LogP contribution in [0.3, 0.4) is 0 Å². The summed E-state index contributed by atoms with van der Waals surface area (Å²) in [6, 6.07) is 0. The van der Waals surface area contributed by atoms with E-state index in [0.717, 1.165) is 5.57 Å². The molecule has 0 aliphatic rings. The zero-order chi connectivity index (χ0) is 9.56. The van der Waals surface area contributed by atoms with Crippen LogP contribution >= 0.6 is 0 Å². The smallest absolute Gasteiger partial charge is 0.437 e. The molecule has 0 bridgehead atoms. The molecule has 0 unspecified atom stereocenters. The molecule has 0 amide bonds. The Morgan fingerprint density at radius 1 is 1.33 bits per heavy atom. The summed E-state index contributed by atoms with van der Waals surface area (Å²) in [6.07, 6.45) is 2.45. The molecule has 0 aromatic heterocycles. The van der Waals surface area contributed by atoms with Crippen molar-refractivity contribution >= 4 is 6.16 Å². The fourth-order valence-corrected chi connectivity index (χ4v) is 0.418. The number of hydrogen-bond acceptors (Lipinski definition) is 3. The van der Waals surface area contributed by atoms with Gasteiger partial charge in [-0.15, -0.1) is 0 Å². The maximum atomic E-state index is 10.5. The topological polar surface area (TPSA) is 35.5 Å². The summed E-state index contributed by atoms with van der Waals surface area (Å²) in [6.45, 7) is 8.91. The molecule has 0 fully saturated rings. The van der Waals surface area contributed by atoms with E-state index in [1.165, 1.54) is 7.11 Å². The molecule has 0 aromatic carbocycles. The minimum absolute atomic E-state index is 0.227. The van der Waals surface area contributed by atoms with E-state index < -0.39 is 6.16 Å². The molecule has 0 spiro atoms. The van der Waals surface area contributed by atoms with Crippen LogP contribution in [0.15, 0.2) is 36.6 Å². The van der Waals surface area contributed by atoms with Crippen LogP contribution in [0.1, 0.15) is 6.92 Å². The van der Waals surface area contributed by atoms with Crippen LogP contribution < -0.4 is 0 Å². The van der Waals surface area contributed by atoms with E-state index in [0.29, 0.717) is 0 Å². The van der Waals surface area contributed by atoms with Crippen LogP contribution in [0.5, 0.6) is 0 Å². The second-order valence-electron chi connectivity index (χ2n) is 2.20. The maximum Gasteiger partial charge on any atom is 0.513 e. The lowest BCUT2D eigenvalue weighted by molar-refractivity contribution is 0.100. The third-order valence-corrected chi connectivity index (χ3v) is 0.935. The molecule has 66 valence electrons. The highest BCUT2D eigenvalue weighted by Gasteiger charge is 1.99. The van der Waals surface area contributed by atoms with Gasteiger partial charge < -0.3 is 9.47 Å². The van der Waals surface area contributed by atoms with E-state index in [-0.39, 0.29) is 5.76 Å². The fourth-order valence-electron chi connectivity index (χ4n) is 0.418. The third-order valence-electron chi connectivity index (χ3n) is 0.935. The van der Waals surface area contributed by atoms with Crippen molar-refractivity contribution in [3.05, 3.63) is 36.6 Å². The Morgan fingerprint density at radius 3 is 2.33 bits per heavy atom. The van der Waals surface area contributed by atoms with Gasteiger partial charge in [-0.1, -0.05) is 24.8 Å². The van der Waals surface area contributed by atoms with Gasteiger partial charge in [0, 0.05) is 0 Å². The SMILES string of the molecule is C=C(C)C=CC(=C)OC(=O)OC. The van der Waals surface area contributed by atoms with Crippen LogP contribution in [0.2, 0.25) is 0 Å². The highest BCUT2D eigenvalue weighted by Crippen LogP contribution is 2.00. The molecule has 0 radical (unpaired) electrons. The summed E-state index contributed by atoms with van der Waals surface area (Å²) in [7, 11) is 1.23. The van der Waals surface area contributed by atoms with E-state index in [4.69, 9.17) is 0 Å². The quantitative estimate of drug-likeness (QED) is 0.369. The number of ether oxygens (including phenoxy) is 2. The summed E-state index contributed by atoms with van der Waals surface area (Å²) < 4.78 is 8.82. The number of allylic oxidation sites excluding steroid dienone is 3. The van der Waals surface area contributed by atoms with Gasteiger partial charge in [-0.3, -0.25) is 0 Å². The molecule has 0 atom stereocenters. The predicted octanol–water partition coefficient (Wildman–Crippen LogP) is 2.42. The van der Waals surface area contributed by atoms with Crippen molar-refractivity contribution in [2.24, 2.45) is 0 Å². The number of carbonyl (C=O) groups is 1. The first-order chi connectivity index (χ1) is 5.56. The van der Waals surface area contributed by atoms with Crippen LogP contribution in [-0.2, 0) is 9.47 Å². The van der Waals surface area contributed by atoms with Gasteiger partial charge >= 0.3 is 6.16 Å². The van der Waals surface area contributed by atoms with Crippen LogP contribution in [0.4, 0.5) is 4.79 Å². The molecule has 0 saturated carbocycles. The molecule has 0 rings (SSSR count). The Kier molecular flexibility index (Phi) is 4.53. The van der Waals surface area contributed by atoms with Crippen molar-refractivity contribution in [2.75, 3.05) is 7.11 Å². The average molecular weight is 168 g/mol. The van der Waals surface area contributed by atoms with Gasteiger partial charge in [0.05, 0.1) is 7.11 Å². The number of rotatable bonds is 3. The van der Waals surface area contributed by atoms with Gasteiger partial charge in [-0.2, -0.15) is 0 Å². The van der Waals surface area contributed by atoms with Gasteiger partial charge in [0.15, 0.2) is 0 Å². The third kappa shape index (κ3) is 5.29. The highest BCUT2D eigenvalue weighted by atomic mass is 16.7. The van der Waals surface area contributed by atoms with E-state index in [1.807, 2.05) is 6.92 Å². The van der Waals surface area contributed by atoms with E-state index in [9.17, 15) is 4.79 Å². The van der Waals surface area contributed by atoms with E-state index in [2.05, 4.69) is 22.6 Å². The molecule has 0 N–H and O–H groups in total. The lowest BCUT2D eigenvalue weighted by atomic mass is 10.3. The summed E-state index contributed by atoms with van der Waals surface area (Å²) in [4.78, 5) is 10.5. The fraction of sp³-hybridized carbons (Fsp3) is 0.222. The minimum Gasteiger partial charge on any atom is -0.437 e. The van der Waals surface area contributed by atoms with Crippen molar-refractivity contribution in [3.8, 4) is 0 Å². The van der Waals surface area contributed by atoms with Crippen LogP contribution in [-0.4, -0.2) is 13.3 Å². The molecule has 3 nitrogen and oxygen atoms in total. The summed E-state index contributed by atoms with van der Waals surface area (Å²) in [5.41, 5.74) is 0.851. The minimum atomic E-state index is -0.772. The van der Waals surface area contributed by atoms with Crippen molar-refractivity contribution in [3.63, 3.8) is 0 Å². The Hall–Kier alpha value is -1.51. The van der Waals surface area contributed by atoms with Crippen LogP contribution in [0.25, 0.3) is 0 Å². The molecular formula is C9H12O3. The van der Waals surface area contributed by atoms with E-state index in [1.54, 1.807) is 12.2 Å². The maximum absolute atomic E-state index is 10.5. The van der Waals surface area contributed by atoms with Gasteiger partial charge in [0.1, 0.15) is 5.76 Å². The largest absolute Gasteiger partial charge is 0.513 e. The molecule has 0 aliphatic carbocycles. The zero-order valence-electron chi connectivity index (χ0n) is 7.29. The molecule has 0 heterocycles. The second-order valence-corrected chi connectivity index (χ2v) is 2.20. The highest BCUT2D eigenvalue weighted by molar-refractivity contribution is 5.61. The Balaban J connectivity index is 3.90. The van der Waals surface area contributed by atoms with Crippen LogP contribution in [0, 0.1) is 0 Å². The second kappa shape index (κ2) is 5.18. The molecule has 0 aliphatic heterocycles. The number of hydrogen-bond donors (Lipinski definition) is 0. The van der Waals surface area contributed by atoms with E-state index >= 15 is 0 Å². The van der Waals surface area contributed by atoms with Crippen molar-refractivity contribution in [1.82, 2.24) is 0 Å². The molecule has 0 saturated heterocycles. The Labute approximate surface area is 72.0 Å². The average Bonchev–Trinajstić information content (AvgIpc) is 2.00. The van der Waals surface area contributed by atoms with Gasteiger partial charge in [-0.25, -0.2) is 4.79 Å². The molecule has 0 aromatic rings. The summed E-state index contributed by atoms with van der Waals surface area (Å²) >= 11 is 0. The first-order valence-electron chi connectivity index (χ1n) is 3.34. The number of methoxy groups -OCH3 is 1. The van der Waals surface area contributed by atoms with Crippen molar-refractivity contribution in [1.29, 1.82) is 0 Å². The van der Waals surface area contributed by atoms with Crippen molar-refractivity contribution in [2.45, 2.75) is 6.92 Å². The monoisotopic (exact) mass is 168 g/mol. The normalized spacial score (nSPS) is 9.50. The molecular weight excluding hydrogens is 156 g/mol. The first kappa shape index (κ1) is 10.5. The lowest BCUT2D eigenvalue weighted by Gasteiger charge is -1.99. The Morgan fingerprint density at radius 2 is 1.92 bits per heavy atom. The van der Waals surface area contributed by atoms with Gasteiger partial charge in [-0.05, 0) is 13.0 Å². The lowest BCUT2D eigenvalue weighted by Crippen LogP contribution is -2.01. The summed E-state index contributed by atoms with van der Waals surface area (Å²) in [5.74, 6) is 0.227. The Bertz CT molecular complexity index is 226.